The van der Waals surface area contributed by atoms with Crippen LogP contribution in [0, 0.1) is 6.92 Å². The fourth-order valence-corrected chi connectivity index (χ4v) is 2.62. The van der Waals surface area contributed by atoms with E-state index in [0.717, 1.165) is 17.8 Å². The Labute approximate surface area is 175 Å². The van der Waals surface area contributed by atoms with E-state index in [-0.39, 0.29) is 19.0 Å². The van der Waals surface area contributed by atoms with Crippen molar-refractivity contribution in [2.75, 3.05) is 6.61 Å². The lowest BCUT2D eigenvalue weighted by molar-refractivity contribution is -0.138. The normalized spacial score (nSPS) is 11.8. The summed E-state index contributed by atoms with van der Waals surface area (Å²) in [5.74, 6) is 0.142. The molecule has 0 aliphatic rings. The molecule has 0 aliphatic heterocycles. The number of hydrogen-bond acceptors (Lipinski definition) is 6. The number of nitrogens with zero attached hydrogens (tertiary/aromatic N) is 5. The molecule has 3 rings (SSSR count). The molecule has 0 aliphatic carbocycles. The summed E-state index contributed by atoms with van der Waals surface area (Å²) in [4.78, 5) is 15.3. The predicted molar refractivity (Wildman–Crippen MR) is 104 cm³/mol. The molecule has 0 bridgehead atoms. The van der Waals surface area contributed by atoms with Gasteiger partial charge in [0, 0.05) is 37.1 Å². The third kappa shape index (κ3) is 5.50. The van der Waals surface area contributed by atoms with Gasteiger partial charge in [-0.2, -0.15) is 18.3 Å². The number of aromatic nitrogens is 5. The van der Waals surface area contributed by atoms with Crippen molar-refractivity contribution < 1.29 is 27.4 Å². The highest BCUT2D eigenvalue weighted by Gasteiger charge is 2.30. The number of alkyl halides is 3. The van der Waals surface area contributed by atoms with Gasteiger partial charge in [0.25, 0.3) is 0 Å². The molecule has 0 saturated carbocycles. The van der Waals surface area contributed by atoms with Crippen molar-refractivity contribution in [1.82, 2.24) is 24.5 Å². The minimum atomic E-state index is -4.45. The average Bonchev–Trinajstić information content (AvgIpc) is 3.26. The van der Waals surface area contributed by atoms with Crippen LogP contribution in [0.2, 0.25) is 0 Å². The number of aryl methyl sites for hydroxylation is 2. The van der Waals surface area contributed by atoms with Crippen LogP contribution in [-0.4, -0.2) is 37.1 Å². The third-order valence-corrected chi connectivity index (χ3v) is 4.26. The number of ether oxygens (including phenoxy) is 2. The van der Waals surface area contributed by atoms with Gasteiger partial charge in [0.05, 0.1) is 23.6 Å². The first-order valence-corrected chi connectivity index (χ1v) is 9.28. The van der Waals surface area contributed by atoms with E-state index >= 15 is 0 Å². The van der Waals surface area contributed by atoms with E-state index in [1.54, 1.807) is 43.9 Å². The molecule has 0 N–H and O–H groups in total. The van der Waals surface area contributed by atoms with Gasteiger partial charge in [-0.05, 0) is 32.1 Å². The van der Waals surface area contributed by atoms with Crippen LogP contribution in [0.25, 0.3) is 11.9 Å². The topological polar surface area (TPSA) is 84.1 Å². The minimum Gasteiger partial charge on any atom is -0.472 e. The lowest BCUT2D eigenvalue weighted by atomic mass is 10.3. The molecular formula is C20H20F3N5O3. The van der Waals surface area contributed by atoms with Crippen LogP contribution in [0.4, 0.5) is 13.2 Å². The molecule has 0 aromatic carbocycles. The Morgan fingerprint density at radius 2 is 2.03 bits per heavy atom. The highest BCUT2D eigenvalue weighted by atomic mass is 19.4. The number of pyridine rings is 1. The Kier molecular flexibility index (Phi) is 6.42. The molecule has 11 heteroatoms. The Morgan fingerprint density at radius 1 is 1.26 bits per heavy atom. The van der Waals surface area contributed by atoms with Gasteiger partial charge in [0.15, 0.2) is 5.82 Å². The van der Waals surface area contributed by atoms with Gasteiger partial charge in [0.1, 0.15) is 6.61 Å². The maximum absolute atomic E-state index is 12.7. The van der Waals surface area contributed by atoms with Crippen molar-refractivity contribution in [3.05, 3.63) is 59.2 Å². The molecule has 31 heavy (non-hydrogen) atoms. The second kappa shape index (κ2) is 9.02. The monoisotopic (exact) mass is 435 g/mol. The van der Waals surface area contributed by atoms with Crippen molar-refractivity contribution in [3.8, 4) is 11.7 Å². The lowest BCUT2D eigenvalue weighted by Crippen LogP contribution is -2.07. The van der Waals surface area contributed by atoms with Gasteiger partial charge in [-0.1, -0.05) is 0 Å². The molecule has 0 saturated heterocycles. The summed E-state index contributed by atoms with van der Waals surface area (Å²) < 4.78 is 51.5. The Balaban J connectivity index is 1.68. The molecular weight excluding hydrogens is 415 g/mol. The molecule has 8 nitrogen and oxygen atoms in total. The summed E-state index contributed by atoms with van der Waals surface area (Å²) >= 11 is 0. The smallest absolute Gasteiger partial charge is 0.417 e. The summed E-state index contributed by atoms with van der Waals surface area (Å²) in [5, 5.41) is 8.50. The molecule has 164 valence electrons. The number of esters is 1. The van der Waals surface area contributed by atoms with E-state index in [1.807, 2.05) is 0 Å². The second-order valence-corrected chi connectivity index (χ2v) is 6.49. The van der Waals surface area contributed by atoms with Crippen molar-refractivity contribution in [1.29, 1.82) is 0 Å². The molecule has 0 unspecified atom stereocenters. The number of carbonyl (C=O) groups excluding carboxylic acids is 1. The van der Waals surface area contributed by atoms with Crippen LogP contribution in [0.3, 0.4) is 0 Å². The fraction of sp³-hybridized carbons (Fsp3) is 0.300. The van der Waals surface area contributed by atoms with Gasteiger partial charge in [0.2, 0.25) is 5.88 Å². The molecule has 3 aromatic heterocycles. The van der Waals surface area contributed by atoms with E-state index in [0.29, 0.717) is 17.3 Å². The summed E-state index contributed by atoms with van der Waals surface area (Å²) in [5.41, 5.74) is 1.17. The second-order valence-electron chi connectivity index (χ2n) is 6.49. The van der Waals surface area contributed by atoms with Gasteiger partial charge < -0.3 is 9.47 Å². The lowest BCUT2D eigenvalue weighted by Gasteiger charge is -2.06. The Hall–Kier alpha value is -3.63. The molecule has 0 fully saturated rings. The van der Waals surface area contributed by atoms with E-state index in [4.69, 9.17) is 9.47 Å². The molecule has 0 radical (unpaired) electrons. The number of carbonyl (C=O) groups is 1. The zero-order valence-electron chi connectivity index (χ0n) is 17.1. The van der Waals surface area contributed by atoms with Crippen molar-refractivity contribution >= 4 is 12.0 Å². The summed E-state index contributed by atoms with van der Waals surface area (Å²) in [6, 6.07) is 3.86. The zero-order valence-corrected chi connectivity index (χ0v) is 17.1. The van der Waals surface area contributed by atoms with Crippen LogP contribution in [0.5, 0.6) is 5.88 Å². The Morgan fingerprint density at radius 3 is 2.68 bits per heavy atom. The van der Waals surface area contributed by atoms with Crippen LogP contribution < -0.4 is 4.74 Å². The van der Waals surface area contributed by atoms with Gasteiger partial charge >= 0.3 is 12.1 Å². The average molecular weight is 435 g/mol. The molecule has 0 atom stereocenters. The zero-order chi connectivity index (χ0) is 22.6. The fourth-order valence-electron chi connectivity index (χ4n) is 2.62. The van der Waals surface area contributed by atoms with E-state index in [9.17, 15) is 18.0 Å². The van der Waals surface area contributed by atoms with Crippen LogP contribution in [-0.2, 0) is 29.4 Å². The van der Waals surface area contributed by atoms with E-state index in [2.05, 4.69) is 15.2 Å². The largest absolute Gasteiger partial charge is 0.472 e. The first-order chi connectivity index (χ1) is 14.7. The highest BCUT2D eigenvalue weighted by Crippen LogP contribution is 2.28. The van der Waals surface area contributed by atoms with Crippen LogP contribution in [0.1, 0.15) is 29.4 Å². The standard InChI is InChI=1S/C20H20F3N5O3/c1-4-30-19(29)8-6-16-9-18(26-27(16)3)31-12-14-11-28(25-13(14)2)17-7-5-15(10-24-17)20(21,22)23/h5-11H,4,12H2,1-3H3/b8-6+. The van der Waals surface area contributed by atoms with Gasteiger partial charge in [-0.15, -0.1) is 5.10 Å². The molecule has 0 spiro atoms. The maximum Gasteiger partial charge on any atom is 0.417 e. The van der Waals surface area contributed by atoms with Crippen molar-refractivity contribution in [3.63, 3.8) is 0 Å². The quantitative estimate of drug-likeness (QED) is 0.417. The number of hydrogen-bond donors (Lipinski definition) is 0. The summed E-state index contributed by atoms with van der Waals surface area (Å²) in [7, 11) is 1.71. The molecule has 3 heterocycles. The molecule has 3 aromatic rings. The first-order valence-electron chi connectivity index (χ1n) is 9.28. The minimum absolute atomic E-state index is 0.143. The summed E-state index contributed by atoms with van der Waals surface area (Å²) in [6.07, 6.45) is 0.821. The van der Waals surface area contributed by atoms with Crippen molar-refractivity contribution in [2.45, 2.75) is 26.6 Å². The predicted octanol–water partition coefficient (Wildman–Crippen LogP) is 3.48. The highest BCUT2D eigenvalue weighted by molar-refractivity contribution is 5.86. The van der Waals surface area contributed by atoms with Gasteiger partial charge in [-0.3, -0.25) is 4.68 Å². The molecule has 0 amide bonds. The number of halogens is 3. The SMILES string of the molecule is CCOC(=O)/C=C/c1cc(OCc2cn(-c3ccc(C(F)(F)F)cn3)nc2C)nn1C. The number of rotatable bonds is 7. The van der Waals surface area contributed by atoms with Crippen molar-refractivity contribution in [2.24, 2.45) is 7.05 Å². The van der Waals surface area contributed by atoms with Gasteiger partial charge in [-0.25, -0.2) is 14.5 Å². The summed E-state index contributed by atoms with van der Waals surface area (Å²) in [6.45, 7) is 3.91. The van der Waals surface area contributed by atoms with E-state index < -0.39 is 17.7 Å². The maximum atomic E-state index is 12.7. The van der Waals surface area contributed by atoms with Crippen LogP contribution >= 0.6 is 0 Å². The van der Waals surface area contributed by atoms with E-state index in [1.165, 1.54) is 16.8 Å². The third-order valence-electron chi connectivity index (χ3n) is 4.26. The van der Waals surface area contributed by atoms with Crippen LogP contribution in [0.15, 0.2) is 36.7 Å². The first kappa shape index (κ1) is 22.1. The Bertz CT molecular complexity index is 1080.